The lowest BCUT2D eigenvalue weighted by molar-refractivity contribution is -0.870. The van der Waals surface area contributed by atoms with Crippen LogP contribution in [-0.4, -0.2) is 74.9 Å². The number of carbonyl (C=O) groups is 2. The molecule has 0 spiro atoms. The first-order chi connectivity index (χ1) is 40.5. The van der Waals surface area contributed by atoms with Crippen molar-refractivity contribution in [1.29, 1.82) is 0 Å². The topological polar surface area (TPSA) is 108 Å². The first-order valence-electron chi connectivity index (χ1n) is 36.2. The number of likely N-dealkylation sites (N-methyl/N-ethyl adjacent to an activating group) is 1. The van der Waals surface area contributed by atoms with Gasteiger partial charge in [-0.15, -0.1) is 0 Å². The predicted octanol–water partition coefficient (Wildman–Crippen LogP) is 23.4. The number of esters is 2. The summed E-state index contributed by atoms with van der Waals surface area (Å²) in [5, 5.41) is 0. The van der Waals surface area contributed by atoms with Crippen LogP contribution in [0.1, 0.15) is 367 Å². The van der Waals surface area contributed by atoms with Gasteiger partial charge in [0.1, 0.15) is 19.8 Å². The number of hydrogen-bond donors (Lipinski definition) is 1. The molecule has 9 nitrogen and oxygen atoms in total. The summed E-state index contributed by atoms with van der Waals surface area (Å²) in [6, 6.07) is 0. The molecule has 2 unspecified atom stereocenters. The quantitative estimate of drug-likeness (QED) is 0.0211. The number of unbranched alkanes of at least 4 members (excludes halogenated alkanes) is 48. The average Bonchev–Trinajstić information content (AvgIpc) is 3.49. The van der Waals surface area contributed by atoms with Crippen LogP contribution in [0, 0.1) is 0 Å². The third-order valence-corrected chi connectivity index (χ3v) is 17.4. The number of nitrogens with zero attached hydrogens (tertiary/aromatic N) is 1. The standard InChI is InChI=1S/C73H140NO8P/c1-6-8-10-12-14-16-18-20-22-24-26-28-29-30-31-32-33-34-35-36-37-38-39-40-41-42-43-44-46-47-49-51-53-55-57-59-61-63-65-72(75)79-69-71(70-81-83(77,78)80-68-67-74(3,4)5)82-73(76)66-64-62-60-58-56-54-52-50-48-45-27-25-23-21-19-17-15-13-11-9-7-2/h19,21,25,27,48,50,71H,6-18,20,22-24,26,28-47,49,51-70H2,1-5H3/p+1/b21-19-,27-25-,50-48-. The molecule has 0 aromatic heterocycles. The molecule has 490 valence electrons. The minimum atomic E-state index is -4.39. The second-order valence-electron chi connectivity index (χ2n) is 26.0. The molecule has 0 fully saturated rings. The molecule has 0 rings (SSSR count). The third-order valence-electron chi connectivity index (χ3n) is 16.4. The van der Waals surface area contributed by atoms with Crippen molar-refractivity contribution in [3.8, 4) is 0 Å². The molecule has 0 saturated carbocycles. The number of ether oxygens (including phenoxy) is 2. The van der Waals surface area contributed by atoms with Gasteiger partial charge < -0.3 is 18.9 Å². The fourth-order valence-electron chi connectivity index (χ4n) is 10.9. The van der Waals surface area contributed by atoms with E-state index in [9.17, 15) is 19.0 Å². The molecule has 0 aliphatic carbocycles. The van der Waals surface area contributed by atoms with Crippen molar-refractivity contribution >= 4 is 19.8 Å². The number of allylic oxidation sites excluding steroid dienone is 6. The summed E-state index contributed by atoms with van der Waals surface area (Å²) in [6.45, 7) is 4.47. The molecular weight excluding hydrogens is 1050 g/mol. The van der Waals surface area contributed by atoms with E-state index in [0.717, 1.165) is 70.6 Å². The lowest BCUT2D eigenvalue weighted by atomic mass is 10.0. The lowest BCUT2D eigenvalue weighted by Crippen LogP contribution is -2.37. The van der Waals surface area contributed by atoms with Gasteiger partial charge in [0.05, 0.1) is 27.7 Å². The Kier molecular flexibility index (Phi) is 63.3. The molecular formula is C73H141NO8P+. The zero-order valence-corrected chi connectivity index (χ0v) is 56.9. The number of hydrogen-bond acceptors (Lipinski definition) is 7. The highest BCUT2D eigenvalue weighted by molar-refractivity contribution is 7.47. The van der Waals surface area contributed by atoms with E-state index in [-0.39, 0.29) is 25.6 Å². The smallest absolute Gasteiger partial charge is 0.462 e. The second kappa shape index (κ2) is 64.7. The highest BCUT2D eigenvalue weighted by atomic mass is 31.2. The van der Waals surface area contributed by atoms with Gasteiger partial charge in [0.15, 0.2) is 6.10 Å². The normalized spacial score (nSPS) is 13.3. The number of carbonyl (C=O) groups excluding carboxylic acids is 2. The van der Waals surface area contributed by atoms with Gasteiger partial charge in [-0.1, -0.05) is 339 Å². The largest absolute Gasteiger partial charge is 0.472 e. The molecule has 0 saturated heterocycles. The Morgan fingerprint density at radius 3 is 0.964 bits per heavy atom. The molecule has 0 bridgehead atoms. The maximum atomic E-state index is 12.8. The average molecular weight is 1190 g/mol. The number of rotatable bonds is 68. The summed E-state index contributed by atoms with van der Waals surface area (Å²) in [7, 11) is 1.48. The lowest BCUT2D eigenvalue weighted by Gasteiger charge is -2.24. The van der Waals surface area contributed by atoms with Crippen LogP contribution < -0.4 is 0 Å². The Balaban J connectivity index is 3.91. The molecule has 83 heavy (non-hydrogen) atoms. The van der Waals surface area contributed by atoms with E-state index in [1.807, 2.05) is 21.1 Å². The first-order valence-corrected chi connectivity index (χ1v) is 37.7. The van der Waals surface area contributed by atoms with E-state index in [1.54, 1.807) is 0 Å². The Bertz CT molecular complexity index is 1490. The molecule has 0 aliphatic rings. The first kappa shape index (κ1) is 81.2. The summed E-state index contributed by atoms with van der Waals surface area (Å²) >= 11 is 0. The third kappa shape index (κ3) is 69.2. The van der Waals surface area contributed by atoms with Crippen LogP contribution >= 0.6 is 7.82 Å². The SMILES string of the molecule is CCCCCCC/C=C\C/C=C\C/C=C\CCCCCCCCC(=O)OC(COC(=O)CCCCCCCCCCCCCCCCCCCCCCCCCCCCCCCCCCCCCCCC)COP(=O)(O)OCC[N+](C)(C)C. The van der Waals surface area contributed by atoms with Crippen molar-refractivity contribution in [2.75, 3.05) is 47.5 Å². The van der Waals surface area contributed by atoms with Gasteiger partial charge in [0, 0.05) is 12.8 Å². The summed E-state index contributed by atoms with van der Waals surface area (Å²) in [5.41, 5.74) is 0. The van der Waals surface area contributed by atoms with Crippen molar-refractivity contribution in [2.45, 2.75) is 373 Å². The summed E-state index contributed by atoms with van der Waals surface area (Å²) in [6.07, 6.45) is 82.8. The minimum absolute atomic E-state index is 0.0302. The zero-order valence-electron chi connectivity index (χ0n) is 56.0. The molecule has 0 aliphatic heterocycles. The van der Waals surface area contributed by atoms with Crippen LogP contribution in [0.2, 0.25) is 0 Å². The molecule has 1 N–H and O–H groups in total. The maximum absolute atomic E-state index is 12.8. The van der Waals surface area contributed by atoms with E-state index in [1.165, 1.54) is 263 Å². The summed E-state index contributed by atoms with van der Waals surface area (Å²) in [4.78, 5) is 35.8. The fraction of sp³-hybridized carbons (Fsp3) is 0.890. The van der Waals surface area contributed by atoms with Gasteiger partial charge in [0.2, 0.25) is 0 Å². The molecule has 0 aromatic rings. The summed E-state index contributed by atoms with van der Waals surface area (Å²) < 4.78 is 34.7. The monoisotopic (exact) mass is 1190 g/mol. The van der Waals surface area contributed by atoms with Crippen LogP contribution in [0.5, 0.6) is 0 Å². The van der Waals surface area contributed by atoms with Gasteiger partial charge in [-0.3, -0.25) is 18.6 Å². The van der Waals surface area contributed by atoms with Crippen molar-refractivity contribution in [3.05, 3.63) is 36.5 Å². The maximum Gasteiger partial charge on any atom is 0.472 e. The number of quaternary nitrogens is 1. The van der Waals surface area contributed by atoms with Gasteiger partial charge in [0.25, 0.3) is 0 Å². The van der Waals surface area contributed by atoms with Crippen LogP contribution in [0.3, 0.4) is 0 Å². The number of phosphoric acid groups is 1. The number of phosphoric ester groups is 1. The molecule has 0 heterocycles. The highest BCUT2D eigenvalue weighted by Crippen LogP contribution is 2.43. The van der Waals surface area contributed by atoms with Crippen LogP contribution in [-0.2, 0) is 32.7 Å². The van der Waals surface area contributed by atoms with Crippen LogP contribution in [0.15, 0.2) is 36.5 Å². The van der Waals surface area contributed by atoms with E-state index in [2.05, 4.69) is 50.3 Å². The van der Waals surface area contributed by atoms with Crippen molar-refractivity contribution in [3.63, 3.8) is 0 Å². The Morgan fingerprint density at radius 1 is 0.373 bits per heavy atom. The van der Waals surface area contributed by atoms with Crippen molar-refractivity contribution in [2.24, 2.45) is 0 Å². The van der Waals surface area contributed by atoms with E-state index >= 15 is 0 Å². The zero-order chi connectivity index (χ0) is 60.5. The molecule has 0 radical (unpaired) electrons. The van der Waals surface area contributed by atoms with Gasteiger partial charge in [-0.05, 0) is 51.4 Å². The van der Waals surface area contributed by atoms with Gasteiger partial charge in [-0.2, -0.15) is 0 Å². The van der Waals surface area contributed by atoms with Crippen LogP contribution in [0.25, 0.3) is 0 Å². The molecule has 2 atom stereocenters. The molecule has 0 amide bonds. The fourth-order valence-corrected chi connectivity index (χ4v) is 11.6. The van der Waals surface area contributed by atoms with Gasteiger partial charge in [-0.25, -0.2) is 4.57 Å². The second-order valence-corrected chi connectivity index (χ2v) is 27.4. The van der Waals surface area contributed by atoms with E-state index in [0.29, 0.717) is 23.9 Å². The predicted molar refractivity (Wildman–Crippen MR) is 358 cm³/mol. The van der Waals surface area contributed by atoms with E-state index in [4.69, 9.17) is 18.5 Å². The highest BCUT2D eigenvalue weighted by Gasteiger charge is 2.27. The summed E-state index contributed by atoms with van der Waals surface area (Å²) in [5.74, 6) is -0.795. The minimum Gasteiger partial charge on any atom is -0.462 e. The van der Waals surface area contributed by atoms with Crippen molar-refractivity contribution in [1.82, 2.24) is 0 Å². The van der Waals surface area contributed by atoms with Crippen LogP contribution in [0.4, 0.5) is 0 Å². The Hall–Kier alpha value is -1.77. The Morgan fingerprint density at radius 2 is 0.651 bits per heavy atom. The molecule has 10 heteroatoms. The van der Waals surface area contributed by atoms with E-state index < -0.39 is 26.5 Å². The van der Waals surface area contributed by atoms with Gasteiger partial charge >= 0.3 is 19.8 Å². The Labute approximate surface area is 516 Å². The molecule has 0 aromatic carbocycles. The van der Waals surface area contributed by atoms with Crippen molar-refractivity contribution < 1.29 is 42.1 Å².